The van der Waals surface area contributed by atoms with Gasteiger partial charge < -0.3 is 45.4 Å². The van der Waals surface area contributed by atoms with Crippen LogP contribution in [0.5, 0.6) is 0 Å². The van der Waals surface area contributed by atoms with E-state index in [2.05, 4.69) is 25.9 Å². The van der Waals surface area contributed by atoms with Gasteiger partial charge in [-0.05, 0) is 79.3 Å². The van der Waals surface area contributed by atoms with Gasteiger partial charge in [-0.15, -0.1) is 0 Å². The van der Waals surface area contributed by atoms with E-state index in [0.29, 0.717) is 17.0 Å². The molecule has 1 aliphatic heterocycles. The number of urea groups is 1. The molecule has 2 aromatic heterocycles. The van der Waals surface area contributed by atoms with Gasteiger partial charge in [0.2, 0.25) is 11.8 Å². The van der Waals surface area contributed by atoms with Crippen molar-refractivity contribution in [2.24, 2.45) is 10.8 Å². The summed E-state index contributed by atoms with van der Waals surface area (Å²) in [6.45, 7) is 14.7. The van der Waals surface area contributed by atoms with Crippen molar-refractivity contribution in [3.63, 3.8) is 0 Å². The number of methoxy groups -OCH3 is 1. The molecule has 67 heavy (non-hydrogen) atoms. The van der Waals surface area contributed by atoms with E-state index in [1.165, 1.54) is 12.0 Å². The topological polar surface area (TPSA) is 233 Å². The number of benzene rings is 2. The molecule has 1 fully saturated rings. The van der Waals surface area contributed by atoms with Crippen molar-refractivity contribution < 1.29 is 47.9 Å². The highest BCUT2D eigenvalue weighted by atomic mass is 31.2. The van der Waals surface area contributed by atoms with Gasteiger partial charge in [-0.2, -0.15) is 0 Å². The maximum atomic E-state index is 14.9. The predicted octanol–water partition coefficient (Wildman–Crippen LogP) is 6.12. The zero-order valence-electron chi connectivity index (χ0n) is 39.8. The first-order chi connectivity index (χ1) is 31.3. The first kappa shape index (κ1) is 52.3. The van der Waals surface area contributed by atoms with Gasteiger partial charge >= 0.3 is 19.9 Å². The van der Waals surface area contributed by atoms with Gasteiger partial charge in [-0.3, -0.25) is 24.1 Å². The molecule has 4 aromatic rings. The number of pyridine rings is 2. The van der Waals surface area contributed by atoms with Crippen LogP contribution in [-0.4, -0.2) is 109 Å². The molecule has 0 unspecified atom stereocenters. The molecule has 5 atom stereocenters. The number of aromatic nitrogens is 2. The Morgan fingerprint density at radius 2 is 1.43 bits per heavy atom. The second-order valence-corrected chi connectivity index (χ2v) is 20.9. The minimum atomic E-state index is -5.29. The highest BCUT2D eigenvalue weighted by Crippen LogP contribution is 2.40. The fraction of sp³-hybridized carbons (Fsp3) is 0.469. The lowest BCUT2D eigenvalue weighted by molar-refractivity contribution is -0.130. The highest BCUT2D eigenvalue weighted by molar-refractivity contribution is 7.46. The van der Waals surface area contributed by atoms with Crippen LogP contribution in [0.15, 0.2) is 97.2 Å². The van der Waals surface area contributed by atoms with Gasteiger partial charge in [-0.1, -0.05) is 108 Å². The fourth-order valence-corrected chi connectivity index (χ4v) is 8.78. The van der Waals surface area contributed by atoms with Crippen molar-refractivity contribution in [2.45, 2.75) is 117 Å². The lowest BCUT2D eigenvalue weighted by Crippen LogP contribution is -2.59. The van der Waals surface area contributed by atoms with Crippen molar-refractivity contribution in [1.29, 1.82) is 0 Å². The zero-order valence-corrected chi connectivity index (χ0v) is 40.7. The quantitative estimate of drug-likeness (QED) is 0.0585. The summed E-state index contributed by atoms with van der Waals surface area (Å²) >= 11 is 0. The van der Waals surface area contributed by atoms with Crippen molar-refractivity contribution in [3.8, 4) is 11.3 Å². The summed E-state index contributed by atoms with van der Waals surface area (Å²) < 4.78 is 23.4. The number of alkyl carbamates (subject to hydrolysis) is 1. The minimum Gasteiger partial charge on any atom is -0.453 e. The van der Waals surface area contributed by atoms with Gasteiger partial charge in [0.25, 0.3) is 0 Å². The highest BCUT2D eigenvalue weighted by Gasteiger charge is 2.45. The van der Waals surface area contributed by atoms with Crippen LogP contribution in [0.4, 0.5) is 9.59 Å². The number of carbonyl (C=O) groups excluding carboxylic acids is 4. The lowest BCUT2D eigenvalue weighted by Gasteiger charge is -2.39. The second kappa shape index (κ2) is 21.9. The fourth-order valence-electron chi connectivity index (χ4n) is 8.20. The molecule has 362 valence electrons. The van der Waals surface area contributed by atoms with Crippen LogP contribution in [0.3, 0.4) is 0 Å². The number of hydrogen-bond donors (Lipinski definition) is 6. The summed E-state index contributed by atoms with van der Waals surface area (Å²) in [5, 5.41) is 19.3. The van der Waals surface area contributed by atoms with Crippen molar-refractivity contribution in [1.82, 2.24) is 35.7 Å². The molecule has 18 heteroatoms. The Hall–Kier alpha value is -5.71. The molecule has 0 bridgehead atoms. The first-order valence-corrected chi connectivity index (χ1v) is 23.8. The molecule has 0 radical (unpaired) electrons. The van der Waals surface area contributed by atoms with E-state index in [0.717, 1.165) is 16.8 Å². The summed E-state index contributed by atoms with van der Waals surface area (Å²) in [6, 6.07) is 22.8. The van der Waals surface area contributed by atoms with E-state index >= 15 is 0 Å². The number of amides is 5. The second-order valence-electron chi connectivity index (χ2n) is 19.7. The first-order valence-electron chi connectivity index (χ1n) is 22.3. The third-order valence-electron chi connectivity index (χ3n) is 11.5. The Bertz CT molecular complexity index is 2350. The third-order valence-corrected chi connectivity index (χ3v) is 12.0. The number of ether oxygens (including phenoxy) is 1. The summed E-state index contributed by atoms with van der Waals surface area (Å²) in [6.07, 6.45) is -0.591. The molecule has 0 spiro atoms. The van der Waals surface area contributed by atoms with E-state index < -0.39 is 78.5 Å². The van der Waals surface area contributed by atoms with Crippen LogP contribution < -0.4 is 16.0 Å². The van der Waals surface area contributed by atoms with Crippen LogP contribution in [0.2, 0.25) is 0 Å². The van der Waals surface area contributed by atoms with E-state index in [1.54, 1.807) is 76.0 Å². The van der Waals surface area contributed by atoms with Crippen LogP contribution in [0, 0.1) is 10.8 Å². The normalized spacial score (nSPS) is 15.9. The number of phosphoric acid groups is 1. The molecule has 17 nitrogen and oxygen atoms in total. The molecule has 2 aromatic carbocycles. The number of aliphatic hydroxyl groups is 1. The molecule has 1 saturated heterocycles. The minimum absolute atomic E-state index is 0.0470. The average molecular weight is 944 g/mol. The number of carbonyl (C=O) groups is 4. The average Bonchev–Trinajstić information content (AvgIpc) is 3.59. The molecule has 0 aliphatic carbocycles. The lowest BCUT2D eigenvalue weighted by atomic mass is 9.84. The smallest absolute Gasteiger partial charge is 0.453 e. The van der Waals surface area contributed by atoms with E-state index in [9.17, 15) is 38.6 Å². The maximum absolute atomic E-state index is 14.9. The van der Waals surface area contributed by atoms with Gasteiger partial charge in [0, 0.05) is 30.9 Å². The Morgan fingerprint density at radius 3 is 2.01 bits per heavy atom. The predicted molar refractivity (Wildman–Crippen MR) is 253 cm³/mol. The Morgan fingerprint density at radius 1 is 0.776 bits per heavy atom. The van der Waals surface area contributed by atoms with Crippen LogP contribution in [0.25, 0.3) is 11.3 Å². The molecule has 5 rings (SSSR count). The molecule has 1 aliphatic rings. The number of rotatable bonds is 19. The van der Waals surface area contributed by atoms with Gasteiger partial charge in [0.1, 0.15) is 17.7 Å². The van der Waals surface area contributed by atoms with Crippen LogP contribution in [0.1, 0.15) is 84.3 Å². The van der Waals surface area contributed by atoms with Crippen molar-refractivity contribution in [2.75, 3.05) is 20.2 Å². The molecular weight excluding hydrogens is 878 g/mol. The third kappa shape index (κ3) is 15.1. The van der Waals surface area contributed by atoms with Crippen LogP contribution in [-0.2, 0) is 48.4 Å². The number of nitrogens with zero attached hydrogens (tertiary/aromatic N) is 4. The molecule has 5 amide bonds. The molecule has 0 saturated carbocycles. The molecule has 3 heterocycles. The summed E-state index contributed by atoms with van der Waals surface area (Å²) in [4.78, 5) is 88.9. The van der Waals surface area contributed by atoms with E-state index in [-0.39, 0.29) is 38.9 Å². The Balaban J connectivity index is 1.51. The van der Waals surface area contributed by atoms with Crippen molar-refractivity contribution in [3.05, 3.63) is 120 Å². The molecule has 6 N–H and O–H groups in total. The number of nitrogens with one attached hydrogen (secondary N) is 3. The summed E-state index contributed by atoms with van der Waals surface area (Å²) in [7, 11) is -4.10. The largest absolute Gasteiger partial charge is 0.469 e. The number of hydrogen-bond acceptors (Lipinski definition) is 10. The SMILES string of the molecule is COC(=O)N[C@H](C(=O)N[C@H](Cc1ccc(-c2ccccn2)cc1)C[C@H](OP(=O)(O)O)[C@H](Cc1ccccc1)NC(=O)[C@@H](N1CCN(Cc2cccc(C(C)(C)O)n2)C1=O)C(C)(C)C)C(C)(C)C. The zero-order chi connectivity index (χ0) is 49.3. The monoisotopic (exact) mass is 943 g/mol. The molecular formula is C49H66N7O10P. The van der Waals surface area contributed by atoms with E-state index in [1.807, 2.05) is 81.4 Å². The van der Waals surface area contributed by atoms with Crippen molar-refractivity contribution >= 4 is 31.8 Å². The maximum Gasteiger partial charge on any atom is 0.469 e. The van der Waals surface area contributed by atoms with Gasteiger partial charge in [0.15, 0.2) is 0 Å². The number of phosphoric ester groups is 1. The van der Waals surface area contributed by atoms with E-state index in [4.69, 9.17) is 9.26 Å². The van der Waals surface area contributed by atoms with Gasteiger partial charge in [0.05, 0.1) is 42.9 Å². The van der Waals surface area contributed by atoms with Crippen LogP contribution >= 0.6 is 7.82 Å². The standard InChI is InChI=1S/C49H66N7O10P/c1-47(2,3)41(54-45(59)65-9)43(57)52-36(28-33-21-23-34(24-22-33)37-19-13-14-25-50-37)30-39(66-67(62,63)64)38(29-32-16-11-10-12-17-32)53-44(58)42(48(4,5)6)56-27-26-55(46(56)60)31-35-18-15-20-40(51-35)49(7,8)61/h10-25,36,38-39,41-42,61H,26-31H2,1-9H3,(H,52,57)(H,53,58)(H,54,59)(H2,62,63,64)/t36-,38+,39+,41-,42-/m1/s1. The summed E-state index contributed by atoms with van der Waals surface area (Å²) in [5.41, 5.74) is 1.24. The van der Waals surface area contributed by atoms with Gasteiger partial charge in [-0.25, -0.2) is 14.2 Å². The Labute approximate surface area is 393 Å². The Kier molecular flexibility index (Phi) is 17.1. The summed E-state index contributed by atoms with van der Waals surface area (Å²) in [5.74, 6) is -1.16.